The molecule has 2 nitrogen and oxygen atoms in total. The number of halogens is 2. The lowest BCUT2D eigenvalue weighted by Crippen LogP contribution is -2.02. The molecule has 0 aliphatic rings. The molecule has 0 spiro atoms. The molecule has 0 unspecified atom stereocenters. The van der Waals surface area contributed by atoms with Gasteiger partial charge in [-0.15, -0.1) is 0 Å². The maximum absolute atomic E-state index is 13.8. The van der Waals surface area contributed by atoms with Crippen molar-refractivity contribution >= 4 is 21.6 Å². The first kappa shape index (κ1) is 13.9. The van der Waals surface area contributed by atoms with E-state index in [9.17, 15) is 4.39 Å². The largest absolute Gasteiger partial charge is 0.497 e. The summed E-state index contributed by atoms with van der Waals surface area (Å²) >= 11 is 3.44. The lowest BCUT2D eigenvalue weighted by atomic mass is 10.2. The van der Waals surface area contributed by atoms with Gasteiger partial charge in [0.2, 0.25) is 0 Å². The molecule has 0 aliphatic heterocycles. The fourth-order valence-corrected chi connectivity index (χ4v) is 2.44. The van der Waals surface area contributed by atoms with E-state index in [4.69, 9.17) is 4.74 Å². The molecular formula is C15H15BrFNO. The Balaban J connectivity index is 2.10. The molecular weight excluding hydrogens is 309 g/mol. The van der Waals surface area contributed by atoms with Crippen LogP contribution >= 0.6 is 15.9 Å². The predicted octanol–water partition coefficient (Wildman–Crippen LogP) is 4.52. The first-order valence-corrected chi connectivity index (χ1v) is 6.71. The summed E-state index contributed by atoms with van der Waals surface area (Å²) in [5.74, 6) is 0.262. The second kappa shape index (κ2) is 6.06. The molecule has 0 fully saturated rings. The highest BCUT2D eigenvalue weighted by molar-refractivity contribution is 9.10. The van der Waals surface area contributed by atoms with Crippen molar-refractivity contribution in [2.45, 2.75) is 13.5 Å². The number of nitrogens with one attached hydrogen (secondary N) is 1. The van der Waals surface area contributed by atoms with Crippen LogP contribution in [0.4, 0.5) is 10.1 Å². The van der Waals surface area contributed by atoms with Crippen LogP contribution in [0.15, 0.2) is 40.9 Å². The summed E-state index contributed by atoms with van der Waals surface area (Å²) in [6.45, 7) is 2.45. The number of anilines is 1. The normalized spacial score (nSPS) is 10.3. The number of aryl methyl sites for hydroxylation is 1. The van der Waals surface area contributed by atoms with Gasteiger partial charge in [-0.05, 0) is 36.8 Å². The molecule has 0 saturated carbocycles. The number of hydrogen-bond donors (Lipinski definition) is 1. The third-order valence-corrected chi connectivity index (χ3v) is 3.24. The number of hydrogen-bond acceptors (Lipinski definition) is 2. The molecule has 0 amide bonds. The van der Waals surface area contributed by atoms with Gasteiger partial charge in [0.25, 0.3) is 0 Å². The van der Waals surface area contributed by atoms with Crippen LogP contribution in [0.2, 0.25) is 0 Å². The molecule has 19 heavy (non-hydrogen) atoms. The maximum Gasteiger partial charge on any atom is 0.131 e. The fourth-order valence-electron chi connectivity index (χ4n) is 1.83. The van der Waals surface area contributed by atoms with Crippen LogP contribution in [0.3, 0.4) is 0 Å². The van der Waals surface area contributed by atoms with E-state index in [1.807, 2.05) is 25.1 Å². The van der Waals surface area contributed by atoms with Crippen molar-refractivity contribution in [2.75, 3.05) is 12.4 Å². The minimum absolute atomic E-state index is 0.265. The van der Waals surface area contributed by atoms with Gasteiger partial charge >= 0.3 is 0 Å². The van der Waals surface area contributed by atoms with E-state index in [-0.39, 0.29) is 5.82 Å². The fraction of sp³-hybridized carbons (Fsp3) is 0.200. The van der Waals surface area contributed by atoms with Crippen LogP contribution in [-0.2, 0) is 6.54 Å². The molecule has 1 N–H and O–H groups in total. The first-order chi connectivity index (χ1) is 9.08. The van der Waals surface area contributed by atoms with Crippen molar-refractivity contribution < 1.29 is 9.13 Å². The van der Waals surface area contributed by atoms with Crippen LogP contribution in [0.1, 0.15) is 11.1 Å². The Labute approximate surface area is 120 Å². The lowest BCUT2D eigenvalue weighted by molar-refractivity contribution is 0.411. The Kier molecular flexibility index (Phi) is 4.43. The second-order valence-electron chi connectivity index (χ2n) is 4.33. The van der Waals surface area contributed by atoms with Gasteiger partial charge < -0.3 is 10.1 Å². The lowest BCUT2D eigenvalue weighted by Gasteiger charge is -2.10. The van der Waals surface area contributed by atoms with E-state index in [0.717, 1.165) is 15.7 Å². The van der Waals surface area contributed by atoms with Gasteiger partial charge in [0, 0.05) is 28.3 Å². The first-order valence-electron chi connectivity index (χ1n) is 5.92. The van der Waals surface area contributed by atoms with E-state index in [1.165, 1.54) is 13.2 Å². The van der Waals surface area contributed by atoms with Gasteiger partial charge in [-0.3, -0.25) is 0 Å². The van der Waals surface area contributed by atoms with Gasteiger partial charge in [-0.2, -0.15) is 0 Å². The molecule has 100 valence electrons. The summed E-state index contributed by atoms with van der Waals surface area (Å²) in [5.41, 5.74) is 2.72. The zero-order chi connectivity index (χ0) is 13.8. The minimum Gasteiger partial charge on any atom is -0.497 e. The molecule has 0 radical (unpaired) electrons. The molecule has 2 aromatic carbocycles. The molecule has 2 rings (SSSR count). The van der Waals surface area contributed by atoms with Crippen LogP contribution in [0, 0.1) is 12.7 Å². The highest BCUT2D eigenvalue weighted by atomic mass is 79.9. The summed E-state index contributed by atoms with van der Waals surface area (Å²) < 4.78 is 19.8. The Morgan fingerprint density at radius 3 is 2.63 bits per heavy atom. The zero-order valence-corrected chi connectivity index (χ0v) is 12.4. The van der Waals surface area contributed by atoms with Crippen molar-refractivity contribution in [3.05, 3.63) is 57.8 Å². The highest BCUT2D eigenvalue weighted by Gasteiger charge is 2.04. The summed E-state index contributed by atoms with van der Waals surface area (Å²) in [6, 6.07) is 10.9. The Morgan fingerprint density at radius 1 is 1.21 bits per heavy atom. The standard InChI is InChI=1S/C15H15BrFNO/c1-10-5-12(16)7-13(6-10)18-9-11-3-4-14(19-2)8-15(11)17/h3-8,18H,9H2,1-2H3. The van der Waals surface area contributed by atoms with E-state index in [0.29, 0.717) is 17.9 Å². The van der Waals surface area contributed by atoms with Crippen molar-refractivity contribution in [2.24, 2.45) is 0 Å². The van der Waals surface area contributed by atoms with Gasteiger partial charge in [-0.25, -0.2) is 4.39 Å². The topological polar surface area (TPSA) is 21.3 Å². The minimum atomic E-state index is -0.265. The molecule has 0 bridgehead atoms. The van der Waals surface area contributed by atoms with Gasteiger partial charge in [0.1, 0.15) is 11.6 Å². The average molecular weight is 324 g/mol. The van der Waals surface area contributed by atoms with Gasteiger partial charge in [0.15, 0.2) is 0 Å². The van der Waals surface area contributed by atoms with E-state index in [2.05, 4.69) is 21.2 Å². The zero-order valence-electron chi connectivity index (χ0n) is 10.8. The predicted molar refractivity (Wildman–Crippen MR) is 79.2 cm³/mol. The van der Waals surface area contributed by atoms with Crippen LogP contribution in [0.5, 0.6) is 5.75 Å². The van der Waals surface area contributed by atoms with Crippen LogP contribution < -0.4 is 10.1 Å². The number of rotatable bonds is 4. The SMILES string of the molecule is COc1ccc(CNc2cc(C)cc(Br)c2)c(F)c1. The van der Waals surface area contributed by atoms with E-state index >= 15 is 0 Å². The Morgan fingerprint density at radius 2 is 2.00 bits per heavy atom. The summed E-state index contributed by atoms with van der Waals surface area (Å²) in [7, 11) is 1.52. The quantitative estimate of drug-likeness (QED) is 0.893. The molecule has 0 saturated heterocycles. The van der Waals surface area contributed by atoms with E-state index < -0.39 is 0 Å². The van der Waals surface area contributed by atoms with E-state index in [1.54, 1.807) is 12.1 Å². The van der Waals surface area contributed by atoms with Crippen molar-refractivity contribution in [1.82, 2.24) is 0 Å². The number of ether oxygens (including phenoxy) is 1. The van der Waals surface area contributed by atoms with Gasteiger partial charge in [-0.1, -0.05) is 22.0 Å². The molecule has 0 aliphatic carbocycles. The molecule has 0 heterocycles. The molecule has 0 atom stereocenters. The Bertz CT molecular complexity index is 566. The van der Waals surface area contributed by atoms with Crippen LogP contribution in [0.25, 0.3) is 0 Å². The summed E-state index contributed by atoms with van der Waals surface area (Å²) in [6.07, 6.45) is 0. The molecule has 4 heteroatoms. The third-order valence-electron chi connectivity index (χ3n) is 2.79. The number of methoxy groups -OCH3 is 1. The monoisotopic (exact) mass is 323 g/mol. The number of benzene rings is 2. The second-order valence-corrected chi connectivity index (χ2v) is 5.24. The van der Waals surface area contributed by atoms with Crippen molar-refractivity contribution in [1.29, 1.82) is 0 Å². The highest BCUT2D eigenvalue weighted by Crippen LogP contribution is 2.21. The Hall–Kier alpha value is -1.55. The third kappa shape index (κ3) is 3.70. The smallest absolute Gasteiger partial charge is 0.131 e. The summed E-state index contributed by atoms with van der Waals surface area (Å²) in [4.78, 5) is 0. The summed E-state index contributed by atoms with van der Waals surface area (Å²) in [5, 5.41) is 3.21. The van der Waals surface area contributed by atoms with Crippen LogP contribution in [-0.4, -0.2) is 7.11 Å². The van der Waals surface area contributed by atoms with Gasteiger partial charge in [0.05, 0.1) is 7.11 Å². The molecule has 0 aromatic heterocycles. The average Bonchev–Trinajstić information content (AvgIpc) is 2.36. The maximum atomic E-state index is 13.8. The van der Waals surface area contributed by atoms with Crippen molar-refractivity contribution in [3.8, 4) is 5.75 Å². The molecule has 2 aromatic rings. The van der Waals surface area contributed by atoms with Crippen molar-refractivity contribution in [3.63, 3.8) is 0 Å².